The Hall–Kier alpha value is -1.85. The van der Waals surface area contributed by atoms with Crippen molar-refractivity contribution in [2.24, 2.45) is 0 Å². The summed E-state index contributed by atoms with van der Waals surface area (Å²) in [5, 5.41) is 9.15. The van der Waals surface area contributed by atoms with Crippen LogP contribution in [0.1, 0.15) is 5.56 Å². The van der Waals surface area contributed by atoms with Crippen molar-refractivity contribution in [1.29, 1.82) is 5.26 Å². The van der Waals surface area contributed by atoms with Crippen LogP contribution < -0.4 is 0 Å². The number of benzene rings is 2. The number of hydrogen-bond donors (Lipinski definition) is 0. The van der Waals surface area contributed by atoms with Crippen molar-refractivity contribution in [3.05, 3.63) is 58.9 Å². The summed E-state index contributed by atoms with van der Waals surface area (Å²) in [6, 6.07) is 14.0. The monoisotopic (exact) mass is 245 g/mol. The second-order valence-corrected chi connectivity index (χ2v) is 4.09. The molecule has 0 spiro atoms. The van der Waals surface area contributed by atoms with Gasteiger partial charge in [-0.15, -0.1) is 0 Å². The van der Waals surface area contributed by atoms with Crippen LogP contribution in [0.3, 0.4) is 0 Å². The molecule has 1 nitrogen and oxygen atoms in total. The zero-order valence-electron chi connectivity index (χ0n) is 8.95. The summed E-state index contributed by atoms with van der Waals surface area (Å²) in [5.41, 5.74) is 2.03. The molecule has 2 aromatic carbocycles. The molecule has 0 radical (unpaired) electrons. The van der Waals surface area contributed by atoms with Gasteiger partial charge in [0, 0.05) is 10.6 Å². The molecule has 0 N–H and O–H groups in total. The number of hydrogen-bond acceptors (Lipinski definition) is 1. The van der Waals surface area contributed by atoms with E-state index in [1.807, 2.05) is 18.2 Å². The fourth-order valence-electron chi connectivity index (χ4n) is 1.62. The van der Waals surface area contributed by atoms with Gasteiger partial charge in [-0.25, -0.2) is 4.39 Å². The molecule has 0 saturated heterocycles. The Bertz CT molecular complexity index is 587. The quantitative estimate of drug-likeness (QED) is 0.777. The molecule has 2 rings (SSSR count). The van der Waals surface area contributed by atoms with E-state index in [1.54, 1.807) is 24.3 Å². The normalized spacial score (nSPS) is 9.94. The van der Waals surface area contributed by atoms with Gasteiger partial charge in [0.15, 0.2) is 0 Å². The molecule has 2 aromatic rings. The van der Waals surface area contributed by atoms with Crippen LogP contribution in [0, 0.1) is 17.1 Å². The molecule has 3 heteroatoms. The smallest absolute Gasteiger partial charge is 0.128 e. The van der Waals surface area contributed by atoms with Gasteiger partial charge in [0.2, 0.25) is 0 Å². The van der Waals surface area contributed by atoms with Gasteiger partial charge in [0.25, 0.3) is 0 Å². The first kappa shape index (κ1) is 11.6. The molecule has 0 fully saturated rings. The maximum absolute atomic E-state index is 13.6. The zero-order chi connectivity index (χ0) is 12.3. The minimum Gasteiger partial charge on any atom is -0.207 e. The molecular formula is C14H9ClFN. The van der Waals surface area contributed by atoms with Gasteiger partial charge in [-0.3, -0.25) is 0 Å². The maximum atomic E-state index is 13.6. The molecule has 0 aliphatic heterocycles. The Balaban J connectivity index is 2.42. The summed E-state index contributed by atoms with van der Waals surface area (Å²) < 4.78 is 13.6. The molecule has 0 aromatic heterocycles. The van der Waals surface area contributed by atoms with Crippen LogP contribution in [-0.4, -0.2) is 0 Å². The highest BCUT2D eigenvalue weighted by Crippen LogP contribution is 2.24. The highest BCUT2D eigenvalue weighted by molar-refractivity contribution is 6.30. The largest absolute Gasteiger partial charge is 0.207 e. The first-order valence-corrected chi connectivity index (χ1v) is 5.50. The lowest BCUT2D eigenvalue weighted by Crippen LogP contribution is -1.89. The molecule has 84 valence electrons. The van der Waals surface area contributed by atoms with E-state index in [4.69, 9.17) is 16.9 Å². The zero-order valence-corrected chi connectivity index (χ0v) is 9.71. The van der Waals surface area contributed by atoms with E-state index >= 15 is 0 Å². The lowest BCUT2D eigenvalue weighted by atomic mass is 10.0. The van der Waals surface area contributed by atoms with E-state index in [0.717, 1.165) is 11.1 Å². The maximum Gasteiger partial charge on any atom is 0.128 e. The van der Waals surface area contributed by atoms with Gasteiger partial charge in [0.1, 0.15) is 5.82 Å². The van der Waals surface area contributed by atoms with Crippen LogP contribution >= 0.6 is 11.6 Å². The number of nitriles is 1. The Kier molecular flexibility index (Phi) is 3.41. The molecule has 17 heavy (non-hydrogen) atoms. The lowest BCUT2D eigenvalue weighted by Gasteiger charge is -2.04. The lowest BCUT2D eigenvalue weighted by molar-refractivity contribution is 0.616. The third kappa shape index (κ3) is 2.64. The second-order valence-electron chi connectivity index (χ2n) is 3.65. The van der Waals surface area contributed by atoms with E-state index in [-0.39, 0.29) is 12.2 Å². The SMILES string of the molecule is N#CCc1ccc(-c2cccc(Cl)c2)cc1F. The molecule has 0 aliphatic carbocycles. The summed E-state index contributed by atoms with van der Waals surface area (Å²) in [7, 11) is 0. The Morgan fingerprint density at radius 1 is 1.12 bits per heavy atom. The van der Waals surface area contributed by atoms with Crippen LogP contribution in [0.4, 0.5) is 4.39 Å². The average Bonchev–Trinajstić information content (AvgIpc) is 2.32. The van der Waals surface area contributed by atoms with Crippen molar-refractivity contribution < 1.29 is 4.39 Å². The third-order valence-corrected chi connectivity index (χ3v) is 2.72. The van der Waals surface area contributed by atoms with Crippen molar-refractivity contribution in [2.45, 2.75) is 6.42 Å². The Morgan fingerprint density at radius 2 is 1.88 bits per heavy atom. The first-order chi connectivity index (χ1) is 8.20. The topological polar surface area (TPSA) is 23.8 Å². The van der Waals surface area contributed by atoms with Crippen LogP contribution in [0.15, 0.2) is 42.5 Å². The van der Waals surface area contributed by atoms with Crippen molar-refractivity contribution in [3.8, 4) is 17.2 Å². The second kappa shape index (κ2) is 4.99. The molecule has 0 amide bonds. The fourth-order valence-corrected chi connectivity index (χ4v) is 1.81. The standard InChI is InChI=1S/C14H9ClFN/c15-13-3-1-2-11(8-13)12-5-4-10(6-7-17)14(16)9-12/h1-5,8-9H,6H2. The third-order valence-electron chi connectivity index (χ3n) is 2.48. The van der Waals surface area contributed by atoms with E-state index < -0.39 is 0 Å². The minimum atomic E-state index is -0.357. The van der Waals surface area contributed by atoms with Gasteiger partial charge >= 0.3 is 0 Å². The summed E-state index contributed by atoms with van der Waals surface area (Å²) >= 11 is 5.88. The molecule has 0 atom stereocenters. The van der Waals surface area contributed by atoms with E-state index in [1.165, 1.54) is 6.07 Å². The Morgan fingerprint density at radius 3 is 2.53 bits per heavy atom. The van der Waals surface area contributed by atoms with Crippen LogP contribution in [-0.2, 0) is 6.42 Å². The number of nitrogens with zero attached hydrogens (tertiary/aromatic N) is 1. The average molecular weight is 246 g/mol. The van der Waals surface area contributed by atoms with Crippen molar-refractivity contribution in [3.63, 3.8) is 0 Å². The summed E-state index contributed by atoms with van der Waals surface area (Å²) in [5.74, 6) is -0.357. The Labute approximate surface area is 104 Å². The van der Waals surface area contributed by atoms with E-state index in [0.29, 0.717) is 10.6 Å². The van der Waals surface area contributed by atoms with Crippen LogP contribution in [0.5, 0.6) is 0 Å². The highest BCUT2D eigenvalue weighted by Gasteiger charge is 2.05. The number of halogens is 2. The number of rotatable bonds is 2. The predicted octanol–water partition coefficient (Wildman–Crippen LogP) is 4.21. The predicted molar refractivity (Wildman–Crippen MR) is 66.2 cm³/mol. The van der Waals surface area contributed by atoms with Gasteiger partial charge in [0.05, 0.1) is 12.5 Å². The molecule has 0 saturated carbocycles. The van der Waals surface area contributed by atoms with Crippen LogP contribution in [0.2, 0.25) is 5.02 Å². The molecule has 0 aliphatic rings. The fraction of sp³-hybridized carbons (Fsp3) is 0.0714. The molecule has 0 unspecified atom stereocenters. The van der Waals surface area contributed by atoms with Crippen LogP contribution in [0.25, 0.3) is 11.1 Å². The first-order valence-electron chi connectivity index (χ1n) is 5.12. The van der Waals surface area contributed by atoms with E-state index in [2.05, 4.69) is 0 Å². The minimum absolute atomic E-state index is 0.0850. The van der Waals surface area contributed by atoms with Crippen molar-refractivity contribution >= 4 is 11.6 Å². The van der Waals surface area contributed by atoms with Gasteiger partial charge < -0.3 is 0 Å². The molecular weight excluding hydrogens is 237 g/mol. The van der Waals surface area contributed by atoms with Crippen molar-refractivity contribution in [1.82, 2.24) is 0 Å². The van der Waals surface area contributed by atoms with Crippen molar-refractivity contribution in [2.75, 3.05) is 0 Å². The summed E-state index contributed by atoms with van der Waals surface area (Å²) in [6.07, 6.45) is 0.0850. The van der Waals surface area contributed by atoms with Gasteiger partial charge in [-0.05, 0) is 29.3 Å². The van der Waals surface area contributed by atoms with Gasteiger partial charge in [-0.2, -0.15) is 5.26 Å². The molecule has 0 bridgehead atoms. The summed E-state index contributed by atoms with van der Waals surface area (Å²) in [4.78, 5) is 0. The highest BCUT2D eigenvalue weighted by atomic mass is 35.5. The molecule has 0 heterocycles. The van der Waals surface area contributed by atoms with Gasteiger partial charge in [-0.1, -0.05) is 35.9 Å². The summed E-state index contributed by atoms with van der Waals surface area (Å²) in [6.45, 7) is 0. The van der Waals surface area contributed by atoms with E-state index in [9.17, 15) is 4.39 Å².